The number of aryl methyl sites for hydroxylation is 1. The zero-order valence-electron chi connectivity index (χ0n) is 24.0. The number of carbonyl (C=O) groups is 1. The average molecular weight is 564 g/mol. The van der Waals surface area contributed by atoms with Gasteiger partial charge in [0, 0.05) is 48.6 Å². The Kier molecular flexibility index (Phi) is 9.59. The molecule has 3 atom stereocenters. The smallest absolute Gasteiger partial charge is 0.228 e. The predicted octanol–water partition coefficient (Wildman–Crippen LogP) is 6.03. The number of carbonyl (C=O) groups excluding carboxylic acids is 1. The van der Waals surface area contributed by atoms with E-state index in [4.69, 9.17) is 4.74 Å². The van der Waals surface area contributed by atoms with Crippen molar-refractivity contribution in [3.63, 3.8) is 0 Å². The fourth-order valence-electron chi connectivity index (χ4n) is 5.32. The summed E-state index contributed by atoms with van der Waals surface area (Å²) >= 11 is 0. The third-order valence-corrected chi connectivity index (χ3v) is 7.54. The first-order chi connectivity index (χ1) is 20.6. The summed E-state index contributed by atoms with van der Waals surface area (Å²) in [6, 6.07) is 25.7. The van der Waals surface area contributed by atoms with Crippen molar-refractivity contribution in [2.75, 3.05) is 19.0 Å². The number of allylic oxidation sites excluding steroid dienone is 1. The van der Waals surface area contributed by atoms with Gasteiger partial charge in [-0.05, 0) is 41.3 Å². The van der Waals surface area contributed by atoms with Crippen molar-refractivity contribution in [3.8, 4) is 0 Å². The predicted molar refractivity (Wildman–Crippen MR) is 165 cm³/mol. The molecule has 0 saturated carbocycles. The molecule has 5 rings (SSSR count). The Bertz CT molecular complexity index is 1610. The van der Waals surface area contributed by atoms with Crippen LogP contribution >= 0.6 is 0 Å². The largest absolute Gasteiger partial charge is 0.395 e. The van der Waals surface area contributed by atoms with Crippen molar-refractivity contribution in [3.05, 3.63) is 126 Å². The van der Waals surface area contributed by atoms with E-state index in [1.54, 1.807) is 7.11 Å². The third-order valence-electron chi connectivity index (χ3n) is 7.54. The topological polar surface area (TPSA) is 105 Å². The second-order valence-electron chi connectivity index (χ2n) is 10.5. The number of fused-ring (bicyclic) bond motifs is 1. The van der Waals surface area contributed by atoms with Crippen molar-refractivity contribution in [2.24, 2.45) is 5.92 Å². The van der Waals surface area contributed by atoms with Crippen molar-refractivity contribution >= 4 is 22.5 Å². The summed E-state index contributed by atoms with van der Waals surface area (Å²) in [5, 5.41) is 22.5. The molecule has 8 heteroatoms. The molecule has 0 bridgehead atoms. The fraction of sp³-hybridized carbons (Fsp3) is 0.265. The van der Waals surface area contributed by atoms with Crippen molar-refractivity contribution in [2.45, 2.75) is 38.3 Å². The van der Waals surface area contributed by atoms with E-state index in [0.29, 0.717) is 13.0 Å². The number of para-hydroxylation sites is 1. The number of anilines is 1. The molecule has 8 nitrogen and oxygen atoms in total. The zero-order valence-corrected chi connectivity index (χ0v) is 24.0. The molecule has 0 saturated heterocycles. The van der Waals surface area contributed by atoms with Gasteiger partial charge in [0.1, 0.15) is 0 Å². The second-order valence-corrected chi connectivity index (χ2v) is 10.5. The third kappa shape index (κ3) is 7.02. The maximum atomic E-state index is 12.7. The molecule has 0 spiro atoms. The quantitative estimate of drug-likeness (QED) is 0.152. The molecule has 0 aliphatic heterocycles. The molecular weight excluding hydrogens is 526 g/mol. The number of aliphatic hydroxyl groups excluding tert-OH is 1. The lowest BCUT2D eigenvalue weighted by molar-refractivity contribution is -0.115. The first kappa shape index (κ1) is 29.0. The highest BCUT2D eigenvalue weighted by Gasteiger charge is 2.18. The summed E-state index contributed by atoms with van der Waals surface area (Å²) in [4.78, 5) is 15.9. The molecule has 0 aliphatic rings. The van der Waals surface area contributed by atoms with Gasteiger partial charge in [-0.3, -0.25) is 9.48 Å². The maximum Gasteiger partial charge on any atom is 0.228 e. The Hall–Kier alpha value is -4.53. The Balaban J connectivity index is 1.12. The number of H-pyrrole nitrogens is 1. The number of aliphatic hydroxyl groups is 1. The van der Waals surface area contributed by atoms with Crippen molar-refractivity contribution in [1.82, 2.24) is 20.0 Å². The summed E-state index contributed by atoms with van der Waals surface area (Å²) < 4.78 is 7.65. The van der Waals surface area contributed by atoms with E-state index < -0.39 is 0 Å². The van der Waals surface area contributed by atoms with Crippen LogP contribution in [0.25, 0.3) is 10.9 Å². The lowest BCUT2D eigenvalue weighted by Crippen LogP contribution is -2.14. The molecule has 3 aromatic carbocycles. The summed E-state index contributed by atoms with van der Waals surface area (Å²) in [7, 11) is 1.72. The average Bonchev–Trinajstić information content (AvgIpc) is 3.65. The lowest BCUT2D eigenvalue weighted by Gasteiger charge is -2.21. The number of amides is 1. The van der Waals surface area contributed by atoms with Gasteiger partial charge in [-0.15, -0.1) is 5.10 Å². The number of methoxy groups -OCH3 is 1. The minimum atomic E-state index is -0.183. The maximum absolute atomic E-state index is 12.7. The molecule has 0 fully saturated rings. The van der Waals surface area contributed by atoms with Gasteiger partial charge < -0.3 is 20.1 Å². The molecule has 2 aromatic heterocycles. The normalized spacial score (nSPS) is 13.8. The standard InChI is InChI=1S/C34H37N5O3/c1-24(10-8-9-19-39-22-32(37-38-39)30(23-40)25-11-4-3-5-12-25)34(42-2)26-15-17-28(18-16-26)36-33(41)20-27-21-35-31-14-7-6-13-29(27)31/h3-8,10-18,21-22,24,30,34-35,40H,9,19-20,23H2,1-2H3,(H,36,41)/b10-8+/t24-,30?,34+/m1/s1. The minimum absolute atomic E-state index is 0.0170. The van der Waals surface area contributed by atoms with Crippen LogP contribution in [0.1, 0.15) is 47.8 Å². The summed E-state index contributed by atoms with van der Waals surface area (Å²) in [5.74, 6) is -0.101. The van der Waals surface area contributed by atoms with Crippen LogP contribution in [0.3, 0.4) is 0 Å². The number of nitrogens with zero attached hydrogens (tertiary/aromatic N) is 3. The highest BCUT2D eigenvalue weighted by molar-refractivity contribution is 5.95. The van der Waals surface area contributed by atoms with E-state index in [0.717, 1.165) is 45.4 Å². The second kappa shape index (κ2) is 13.9. The van der Waals surface area contributed by atoms with Gasteiger partial charge in [-0.2, -0.15) is 0 Å². The number of rotatable bonds is 13. The first-order valence-corrected chi connectivity index (χ1v) is 14.3. The Morgan fingerprint density at radius 2 is 1.81 bits per heavy atom. The Labute approximate surface area is 246 Å². The van der Waals surface area contributed by atoms with Gasteiger partial charge in [0.15, 0.2) is 0 Å². The van der Waals surface area contributed by atoms with Gasteiger partial charge in [0.05, 0.1) is 30.7 Å². The molecular formula is C34H37N5O3. The summed E-state index contributed by atoms with van der Waals surface area (Å²) in [6.07, 6.45) is 9.07. The summed E-state index contributed by atoms with van der Waals surface area (Å²) in [5.41, 5.74) is 5.59. The fourth-order valence-corrected chi connectivity index (χ4v) is 5.32. The molecule has 0 radical (unpaired) electrons. The monoisotopic (exact) mass is 563 g/mol. The van der Waals surface area contributed by atoms with E-state index in [1.807, 2.05) is 95.9 Å². The highest BCUT2D eigenvalue weighted by Crippen LogP contribution is 2.28. The molecule has 1 amide bonds. The van der Waals surface area contributed by atoms with Gasteiger partial charge in [-0.1, -0.05) is 85.0 Å². The molecule has 216 valence electrons. The van der Waals surface area contributed by atoms with Crippen LogP contribution in [0.5, 0.6) is 0 Å². The molecule has 42 heavy (non-hydrogen) atoms. The number of nitrogens with one attached hydrogen (secondary N) is 2. The van der Waals surface area contributed by atoms with E-state index >= 15 is 0 Å². The lowest BCUT2D eigenvalue weighted by atomic mass is 9.96. The molecule has 1 unspecified atom stereocenters. The van der Waals surface area contributed by atoms with E-state index in [-0.39, 0.29) is 30.5 Å². The number of hydrogen-bond donors (Lipinski definition) is 3. The summed E-state index contributed by atoms with van der Waals surface area (Å²) in [6.45, 7) is 2.80. The SMILES string of the molecule is CO[C@H](c1ccc(NC(=O)Cc2c[nH]c3ccccc23)cc1)[C@H](C)/C=C/CCn1cc(C(CO)c2ccccc2)nn1. The van der Waals surface area contributed by atoms with E-state index in [9.17, 15) is 9.90 Å². The van der Waals surface area contributed by atoms with Gasteiger partial charge >= 0.3 is 0 Å². The van der Waals surface area contributed by atoms with Crippen LogP contribution in [0.15, 0.2) is 103 Å². The van der Waals surface area contributed by atoms with Crippen LogP contribution in [-0.4, -0.2) is 44.7 Å². The van der Waals surface area contributed by atoms with E-state index in [1.165, 1.54) is 0 Å². The van der Waals surface area contributed by atoms with Crippen LogP contribution in [0, 0.1) is 5.92 Å². The van der Waals surface area contributed by atoms with Crippen molar-refractivity contribution in [1.29, 1.82) is 0 Å². The number of benzene rings is 3. The van der Waals surface area contributed by atoms with Gasteiger partial charge in [-0.25, -0.2) is 0 Å². The molecule has 0 aliphatic carbocycles. The Morgan fingerprint density at radius 1 is 1.05 bits per heavy atom. The zero-order chi connectivity index (χ0) is 29.3. The van der Waals surface area contributed by atoms with Crippen LogP contribution in [-0.2, 0) is 22.5 Å². The first-order valence-electron chi connectivity index (χ1n) is 14.3. The number of ether oxygens (including phenoxy) is 1. The van der Waals surface area contributed by atoms with Crippen molar-refractivity contribution < 1.29 is 14.6 Å². The van der Waals surface area contributed by atoms with E-state index in [2.05, 4.69) is 39.7 Å². The number of aromatic nitrogens is 4. The van der Waals surface area contributed by atoms with Crippen LogP contribution < -0.4 is 5.32 Å². The van der Waals surface area contributed by atoms with Crippen LogP contribution in [0.4, 0.5) is 5.69 Å². The number of hydrogen-bond acceptors (Lipinski definition) is 5. The molecule has 3 N–H and O–H groups in total. The number of aromatic amines is 1. The molecule has 2 heterocycles. The minimum Gasteiger partial charge on any atom is -0.395 e. The highest BCUT2D eigenvalue weighted by atomic mass is 16.5. The van der Waals surface area contributed by atoms with Gasteiger partial charge in [0.25, 0.3) is 0 Å². The van der Waals surface area contributed by atoms with Crippen LogP contribution in [0.2, 0.25) is 0 Å². The van der Waals surface area contributed by atoms with Gasteiger partial charge in [0.2, 0.25) is 5.91 Å². The molecule has 5 aromatic rings. The Morgan fingerprint density at radius 3 is 2.57 bits per heavy atom.